The van der Waals surface area contributed by atoms with Gasteiger partial charge in [0.05, 0.1) is 22.7 Å². The Morgan fingerprint density at radius 2 is 2.12 bits per heavy atom. The molecule has 0 spiro atoms. The fourth-order valence-electron chi connectivity index (χ4n) is 3.45. The number of rotatable bonds is 6. The molecule has 0 atom stereocenters. The van der Waals surface area contributed by atoms with Crippen molar-refractivity contribution in [3.8, 4) is 10.6 Å². The number of hydrogen-bond acceptors (Lipinski definition) is 5. The van der Waals surface area contributed by atoms with Crippen molar-refractivity contribution in [2.75, 3.05) is 13.1 Å². The molecule has 0 saturated carbocycles. The van der Waals surface area contributed by atoms with Crippen molar-refractivity contribution in [3.63, 3.8) is 0 Å². The third-order valence-electron chi connectivity index (χ3n) is 4.81. The first-order valence-corrected chi connectivity index (χ1v) is 9.56. The summed E-state index contributed by atoms with van der Waals surface area (Å²) in [6, 6.07) is 8.24. The summed E-state index contributed by atoms with van der Waals surface area (Å²) in [4.78, 5) is 15.8. The van der Waals surface area contributed by atoms with Crippen LogP contribution in [0, 0.1) is 0 Å². The first-order chi connectivity index (χ1) is 12.7. The monoisotopic (exact) mass is 371 g/mol. The molecule has 1 saturated heterocycles. The molecule has 0 amide bonds. The predicted octanol–water partition coefficient (Wildman–Crippen LogP) is 2.87. The minimum Gasteiger partial charge on any atom is -0.481 e. The number of aromatic amines is 2. The molecule has 0 radical (unpaired) electrons. The molecule has 3 aromatic heterocycles. The van der Waals surface area contributed by atoms with E-state index >= 15 is 0 Å². The van der Waals surface area contributed by atoms with Crippen LogP contribution in [0.2, 0.25) is 0 Å². The lowest BCUT2D eigenvalue weighted by molar-refractivity contribution is -0.136. The van der Waals surface area contributed by atoms with E-state index in [4.69, 9.17) is 5.11 Å². The number of carboxylic acids is 1. The largest absolute Gasteiger partial charge is 0.481 e. The van der Waals surface area contributed by atoms with Crippen LogP contribution in [-0.2, 0) is 17.8 Å². The quantitative estimate of drug-likeness (QED) is 0.619. The molecule has 0 aliphatic carbocycles. The molecule has 1 fully saturated rings. The van der Waals surface area contributed by atoms with Crippen LogP contribution in [0.5, 0.6) is 0 Å². The van der Waals surface area contributed by atoms with E-state index in [1.165, 1.54) is 9.75 Å². The van der Waals surface area contributed by atoms with Crippen molar-refractivity contribution < 1.29 is 9.90 Å². The molecule has 7 nitrogen and oxygen atoms in total. The van der Waals surface area contributed by atoms with E-state index in [0.29, 0.717) is 11.6 Å². The molecule has 0 bridgehead atoms. The zero-order chi connectivity index (χ0) is 17.9. The first kappa shape index (κ1) is 17.0. The number of likely N-dealkylation sites (tertiary alicyclic amines) is 1. The van der Waals surface area contributed by atoms with Gasteiger partial charge in [-0.05, 0) is 50.2 Å². The van der Waals surface area contributed by atoms with Gasteiger partial charge >= 0.3 is 5.97 Å². The molecular formula is C18H21N5O2S. The van der Waals surface area contributed by atoms with Crippen molar-refractivity contribution in [1.29, 1.82) is 0 Å². The number of aliphatic carboxylic acids is 1. The lowest BCUT2D eigenvalue weighted by atomic mass is 9.93. The zero-order valence-electron chi connectivity index (χ0n) is 14.3. The third-order valence-corrected chi connectivity index (χ3v) is 5.91. The van der Waals surface area contributed by atoms with Crippen LogP contribution >= 0.6 is 11.3 Å². The van der Waals surface area contributed by atoms with E-state index in [1.807, 2.05) is 12.1 Å². The number of carbonyl (C=O) groups is 1. The van der Waals surface area contributed by atoms with Gasteiger partial charge in [0.15, 0.2) is 0 Å². The van der Waals surface area contributed by atoms with Gasteiger partial charge in [-0.15, -0.1) is 11.3 Å². The molecule has 4 rings (SSSR count). The molecule has 1 aliphatic rings. The molecule has 3 aromatic rings. The van der Waals surface area contributed by atoms with E-state index in [0.717, 1.165) is 43.9 Å². The van der Waals surface area contributed by atoms with Crippen LogP contribution in [0.1, 0.15) is 35.0 Å². The van der Waals surface area contributed by atoms with E-state index in [2.05, 4.69) is 37.4 Å². The Kier molecular flexibility index (Phi) is 4.85. The van der Waals surface area contributed by atoms with Crippen LogP contribution < -0.4 is 0 Å². The Labute approximate surface area is 155 Å². The fraction of sp³-hybridized carbons (Fsp3) is 0.389. The minimum absolute atomic E-state index is 0.00286. The van der Waals surface area contributed by atoms with Crippen molar-refractivity contribution in [3.05, 3.63) is 46.7 Å². The maximum Gasteiger partial charge on any atom is 0.309 e. The summed E-state index contributed by atoms with van der Waals surface area (Å²) in [5, 5.41) is 23.1. The van der Waals surface area contributed by atoms with Gasteiger partial charge in [-0.2, -0.15) is 10.2 Å². The standard InChI is InChI=1S/C18H21N5O2S/c24-18(25)10-13-9-16(22-20-13)12-4-7-23(8-5-12)11-14-1-2-17(26-14)15-3-6-19-21-15/h1-3,6,9,12H,4-5,7-8,10-11H2,(H,19,21)(H,20,22)(H,24,25). The number of nitrogens with zero attached hydrogens (tertiary/aromatic N) is 3. The maximum absolute atomic E-state index is 10.8. The molecule has 136 valence electrons. The number of hydrogen-bond donors (Lipinski definition) is 3. The van der Waals surface area contributed by atoms with Gasteiger partial charge in [-0.3, -0.25) is 19.9 Å². The number of thiophene rings is 1. The maximum atomic E-state index is 10.8. The minimum atomic E-state index is -0.833. The fourth-order valence-corrected chi connectivity index (χ4v) is 4.48. The summed E-state index contributed by atoms with van der Waals surface area (Å²) < 4.78 is 0. The summed E-state index contributed by atoms with van der Waals surface area (Å²) in [5.41, 5.74) is 2.74. The smallest absolute Gasteiger partial charge is 0.309 e. The van der Waals surface area contributed by atoms with E-state index in [1.54, 1.807) is 17.5 Å². The van der Waals surface area contributed by atoms with Crippen LogP contribution in [0.25, 0.3) is 10.6 Å². The Morgan fingerprint density at radius 1 is 1.27 bits per heavy atom. The van der Waals surface area contributed by atoms with Crippen molar-refractivity contribution in [2.45, 2.75) is 31.7 Å². The highest BCUT2D eigenvalue weighted by atomic mass is 32.1. The topological polar surface area (TPSA) is 97.9 Å². The SMILES string of the molecule is O=C(O)Cc1cc(C2CCN(Cc3ccc(-c4ccn[nH]4)s3)CC2)n[nH]1. The second-order valence-corrected chi connectivity index (χ2v) is 7.84. The Hall–Kier alpha value is -2.45. The van der Waals surface area contributed by atoms with Gasteiger partial charge < -0.3 is 5.11 Å². The molecule has 8 heteroatoms. The van der Waals surface area contributed by atoms with Gasteiger partial charge in [0, 0.05) is 29.2 Å². The molecule has 0 aromatic carbocycles. The first-order valence-electron chi connectivity index (χ1n) is 8.74. The van der Waals surface area contributed by atoms with Gasteiger partial charge in [-0.1, -0.05) is 0 Å². The molecular weight excluding hydrogens is 350 g/mol. The Morgan fingerprint density at radius 3 is 2.85 bits per heavy atom. The molecule has 0 unspecified atom stereocenters. The van der Waals surface area contributed by atoms with Crippen molar-refractivity contribution >= 4 is 17.3 Å². The van der Waals surface area contributed by atoms with Gasteiger partial charge in [-0.25, -0.2) is 0 Å². The summed E-state index contributed by atoms with van der Waals surface area (Å²) in [7, 11) is 0. The molecule has 4 heterocycles. The van der Waals surface area contributed by atoms with Crippen molar-refractivity contribution in [1.82, 2.24) is 25.3 Å². The number of H-pyrrole nitrogens is 2. The van der Waals surface area contributed by atoms with Crippen LogP contribution in [-0.4, -0.2) is 49.5 Å². The van der Waals surface area contributed by atoms with Crippen molar-refractivity contribution in [2.24, 2.45) is 0 Å². The van der Waals surface area contributed by atoms with Crippen LogP contribution in [0.15, 0.2) is 30.5 Å². The van der Waals surface area contributed by atoms with E-state index in [9.17, 15) is 4.79 Å². The number of carboxylic acid groups (broad SMARTS) is 1. The summed E-state index contributed by atoms with van der Waals surface area (Å²) >= 11 is 1.80. The molecule has 1 aliphatic heterocycles. The highest BCUT2D eigenvalue weighted by Crippen LogP contribution is 2.30. The Bertz CT molecular complexity index is 862. The zero-order valence-corrected chi connectivity index (χ0v) is 15.1. The second kappa shape index (κ2) is 7.43. The third kappa shape index (κ3) is 3.86. The van der Waals surface area contributed by atoms with Gasteiger partial charge in [0.25, 0.3) is 0 Å². The van der Waals surface area contributed by atoms with E-state index in [-0.39, 0.29) is 6.42 Å². The normalized spacial score (nSPS) is 16.2. The Balaban J connectivity index is 1.31. The average Bonchev–Trinajstić information content (AvgIpc) is 3.36. The average molecular weight is 371 g/mol. The lowest BCUT2D eigenvalue weighted by Crippen LogP contribution is -2.32. The van der Waals surface area contributed by atoms with Gasteiger partial charge in [0.2, 0.25) is 0 Å². The number of nitrogens with one attached hydrogen (secondary N) is 2. The second-order valence-electron chi connectivity index (χ2n) is 6.68. The number of aromatic nitrogens is 4. The molecule has 3 N–H and O–H groups in total. The number of piperidine rings is 1. The summed E-state index contributed by atoms with van der Waals surface area (Å²) in [6.45, 7) is 3.03. The highest BCUT2D eigenvalue weighted by Gasteiger charge is 2.23. The van der Waals surface area contributed by atoms with Crippen LogP contribution in [0.3, 0.4) is 0 Å². The summed E-state index contributed by atoms with van der Waals surface area (Å²) in [6.07, 6.45) is 3.88. The van der Waals surface area contributed by atoms with E-state index < -0.39 is 5.97 Å². The molecule has 26 heavy (non-hydrogen) atoms. The van der Waals surface area contributed by atoms with Gasteiger partial charge in [0.1, 0.15) is 0 Å². The lowest BCUT2D eigenvalue weighted by Gasteiger charge is -2.30. The predicted molar refractivity (Wildman–Crippen MR) is 99.1 cm³/mol. The van der Waals surface area contributed by atoms with Crippen LogP contribution in [0.4, 0.5) is 0 Å². The summed E-state index contributed by atoms with van der Waals surface area (Å²) in [5.74, 6) is -0.422. The highest BCUT2D eigenvalue weighted by molar-refractivity contribution is 7.15.